The predicted octanol–water partition coefficient (Wildman–Crippen LogP) is 3.23. The standard InChI is InChI=1S/C16H15BrF3NO7/c1-9-6-11(17)7-10-8-12(14(16(18,19)20)28-13(9)10)15(22)26-4-2-25-3-5-27-21(23)24/h6-8,14H,2-5H2,1H3/t14-/m0/s1. The van der Waals surface area contributed by atoms with Crippen molar-refractivity contribution in [1.29, 1.82) is 0 Å². The first kappa shape index (κ1) is 22.0. The summed E-state index contributed by atoms with van der Waals surface area (Å²) in [4.78, 5) is 26.1. The molecule has 0 saturated heterocycles. The van der Waals surface area contributed by atoms with Crippen molar-refractivity contribution in [3.05, 3.63) is 43.4 Å². The Kier molecular flexibility index (Phi) is 7.24. The first-order valence-corrected chi connectivity index (χ1v) is 8.66. The van der Waals surface area contributed by atoms with E-state index in [9.17, 15) is 28.1 Å². The Morgan fingerprint density at radius 2 is 1.96 bits per heavy atom. The van der Waals surface area contributed by atoms with E-state index in [0.717, 1.165) is 6.08 Å². The van der Waals surface area contributed by atoms with Crippen molar-refractivity contribution in [2.45, 2.75) is 19.2 Å². The van der Waals surface area contributed by atoms with E-state index in [4.69, 9.17) is 14.2 Å². The molecule has 0 aromatic heterocycles. The van der Waals surface area contributed by atoms with E-state index in [0.29, 0.717) is 15.6 Å². The van der Waals surface area contributed by atoms with Gasteiger partial charge in [0.1, 0.15) is 19.0 Å². The maximum atomic E-state index is 13.4. The van der Waals surface area contributed by atoms with Gasteiger partial charge in [0.15, 0.2) is 0 Å². The largest absolute Gasteiger partial charge is 0.475 e. The van der Waals surface area contributed by atoms with E-state index >= 15 is 0 Å². The zero-order valence-corrected chi connectivity index (χ0v) is 16.0. The van der Waals surface area contributed by atoms with Crippen LogP contribution in [0.25, 0.3) is 6.08 Å². The van der Waals surface area contributed by atoms with Crippen molar-refractivity contribution in [3.63, 3.8) is 0 Å². The summed E-state index contributed by atoms with van der Waals surface area (Å²) in [7, 11) is 0. The molecule has 1 aliphatic heterocycles. The fraction of sp³-hybridized carbons (Fsp3) is 0.438. The summed E-state index contributed by atoms with van der Waals surface area (Å²) >= 11 is 3.24. The Labute approximate surface area is 165 Å². The van der Waals surface area contributed by atoms with Crippen LogP contribution in [0.15, 0.2) is 22.2 Å². The number of carbonyl (C=O) groups is 1. The molecule has 12 heteroatoms. The average Bonchev–Trinajstić information content (AvgIpc) is 2.58. The van der Waals surface area contributed by atoms with Gasteiger partial charge in [0.05, 0.1) is 18.8 Å². The first-order chi connectivity index (χ1) is 13.1. The van der Waals surface area contributed by atoms with Gasteiger partial charge in [-0.25, -0.2) is 4.79 Å². The molecule has 0 unspecified atom stereocenters. The summed E-state index contributed by atoms with van der Waals surface area (Å²) in [5, 5.41) is 8.95. The van der Waals surface area contributed by atoms with Crippen LogP contribution in [0.2, 0.25) is 0 Å². The van der Waals surface area contributed by atoms with Crippen molar-refractivity contribution in [1.82, 2.24) is 0 Å². The maximum absolute atomic E-state index is 13.4. The molecule has 0 aliphatic carbocycles. The van der Waals surface area contributed by atoms with E-state index in [-0.39, 0.29) is 32.2 Å². The summed E-state index contributed by atoms with van der Waals surface area (Å²) < 4.78 is 55.5. The van der Waals surface area contributed by atoms with Crippen molar-refractivity contribution >= 4 is 28.0 Å². The zero-order valence-electron chi connectivity index (χ0n) is 14.5. The fourth-order valence-corrected chi connectivity index (χ4v) is 3.00. The van der Waals surface area contributed by atoms with Crippen LogP contribution in [0, 0.1) is 17.0 Å². The molecule has 0 radical (unpaired) electrons. The van der Waals surface area contributed by atoms with Gasteiger partial charge in [-0.2, -0.15) is 13.2 Å². The molecule has 0 N–H and O–H groups in total. The third kappa shape index (κ3) is 5.83. The van der Waals surface area contributed by atoms with Crippen LogP contribution in [0.4, 0.5) is 13.2 Å². The van der Waals surface area contributed by atoms with Crippen LogP contribution in [0.1, 0.15) is 11.1 Å². The van der Waals surface area contributed by atoms with Crippen LogP contribution >= 0.6 is 15.9 Å². The van der Waals surface area contributed by atoms with E-state index in [1.807, 2.05) is 0 Å². The van der Waals surface area contributed by atoms with Crippen LogP contribution < -0.4 is 4.74 Å². The van der Waals surface area contributed by atoms with Gasteiger partial charge < -0.3 is 19.0 Å². The van der Waals surface area contributed by atoms with Crippen molar-refractivity contribution in [2.75, 3.05) is 26.4 Å². The smallest absolute Gasteiger partial charge is 0.430 e. The number of alkyl halides is 3. The highest BCUT2D eigenvalue weighted by Crippen LogP contribution is 2.40. The van der Waals surface area contributed by atoms with Gasteiger partial charge >= 0.3 is 12.1 Å². The van der Waals surface area contributed by atoms with Gasteiger partial charge in [-0.15, -0.1) is 10.1 Å². The second-order valence-corrected chi connectivity index (χ2v) is 6.50. The highest BCUT2D eigenvalue weighted by atomic mass is 79.9. The number of benzene rings is 1. The minimum Gasteiger partial charge on any atom is -0.475 e. The number of esters is 1. The van der Waals surface area contributed by atoms with E-state index in [1.165, 1.54) is 6.07 Å². The lowest BCUT2D eigenvalue weighted by molar-refractivity contribution is -0.758. The van der Waals surface area contributed by atoms with Gasteiger partial charge in [-0.3, -0.25) is 0 Å². The Balaban J connectivity index is 2.04. The number of hydrogen-bond acceptors (Lipinski definition) is 7. The molecule has 154 valence electrons. The molecule has 1 aromatic rings. The number of carbonyl (C=O) groups excluding carboxylic acids is 1. The number of fused-ring (bicyclic) bond motifs is 1. The molecule has 28 heavy (non-hydrogen) atoms. The highest BCUT2D eigenvalue weighted by molar-refractivity contribution is 9.10. The molecular formula is C16H15BrF3NO7. The zero-order chi connectivity index (χ0) is 20.9. The van der Waals surface area contributed by atoms with Gasteiger partial charge in [0.2, 0.25) is 6.10 Å². The Bertz CT molecular complexity index is 782. The van der Waals surface area contributed by atoms with Gasteiger partial charge in [0.25, 0.3) is 5.09 Å². The Morgan fingerprint density at radius 1 is 1.29 bits per heavy atom. The molecule has 1 heterocycles. The van der Waals surface area contributed by atoms with Gasteiger partial charge in [-0.1, -0.05) is 15.9 Å². The lowest BCUT2D eigenvalue weighted by Crippen LogP contribution is -2.41. The SMILES string of the molecule is Cc1cc(Br)cc2c1O[C@H](C(F)(F)F)C(C(=O)OCCOCCO[N+](=O)[O-])=C2. The quantitative estimate of drug-likeness (QED) is 0.249. The summed E-state index contributed by atoms with van der Waals surface area (Å²) in [5.74, 6) is -1.16. The van der Waals surface area contributed by atoms with E-state index in [2.05, 4.69) is 20.8 Å². The van der Waals surface area contributed by atoms with Crippen molar-refractivity contribution in [2.24, 2.45) is 0 Å². The number of halogens is 4. The molecule has 1 aliphatic rings. The third-order valence-corrected chi connectivity index (χ3v) is 3.97. The van der Waals surface area contributed by atoms with Crippen molar-refractivity contribution in [3.8, 4) is 5.75 Å². The molecule has 0 spiro atoms. The molecule has 2 rings (SSSR count). The summed E-state index contributed by atoms with van der Waals surface area (Å²) in [6.07, 6.45) is -6.19. The molecule has 1 atom stereocenters. The summed E-state index contributed by atoms with van der Waals surface area (Å²) in [6, 6.07) is 3.13. The monoisotopic (exact) mass is 469 g/mol. The second kappa shape index (κ2) is 9.24. The molecule has 1 aromatic carbocycles. The third-order valence-electron chi connectivity index (χ3n) is 3.52. The topological polar surface area (TPSA) is 97.1 Å². The molecule has 0 fully saturated rings. The Morgan fingerprint density at radius 3 is 2.61 bits per heavy atom. The molecule has 0 bridgehead atoms. The molecular weight excluding hydrogens is 455 g/mol. The highest BCUT2D eigenvalue weighted by Gasteiger charge is 2.49. The molecule has 8 nitrogen and oxygen atoms in total. The molecule has 0 amide bonds. The van der Waals surface area contributed by atoms with Crippen LogP contribution in [0.3, 0.4) is 0 Å². The van der Waals surface area contributed by atoms with Gasteiger partial charge in [0, 0.05) is 10.0 Å². The van der Waals surface area contributed by atoms with Crippen LogP contribution in [-0.4, -0.2) is 49.8 Å². The van der Waals surface area contributed by atoms with Crippen LogP contribution in [0.5, 0.6) is 5.75 Å². The number of aryl methyl sites for hydroxylation is 1. The van der Waals surface area contributed by atoms with Crippen LogP contribution in [-0.2, 0) is 19.1 Å². The van der Waals surface area contributed by atoms with E-state index in [1.54, 1.807) is 13.0 Å². The Hall–Kier alpha value is -2.34. The fourth-order valence-electron chi connectivity index (χ4n) is 2.41. The van der Waals surface area contributed by atoms with E-state index < -0.39 is 28.9 Å². The lowest BCUT2D eigenvalue weighted by atomic mass is 9.99. The number of rotatable bonds is 8. The second-order valence-electron chi connectivity index (χ2n) is 5.59. The number of hydrogen-bond donors (Lipinski definition) is 0. The first-order valence-electron chi connectivity index (χ1n) is 7.87. The normalized spacial score (nSPS) is 15.9. The predicted molar refractivity (Wildman–Crippen MR) is 92.1 cm³/mol. The average molecular weight is 470 g/mol. The summed E-state index contributed by atoms with van der Waals surface area (Å²) in [5.41, 5.74) is 0.106. The minimum absolute atomic E-state index is 0.0381. The molecule has 0 saturated carbocycles. The van der Waals surface area contributed by atoms with Crippen molar-refractivity contribution < 1.29 is 42.1 Å². The van der Waals surface area contributed by atoms with Gasteiger partial charge in [-0.05, 0) is 30.7 Å². The maximum Gasteiger partial charge on any atom is 0.430 e. The minimum atomic E-state index is -4.82. The summed E-state index contributed by atoms with van der Waals surface area (Å²) in [6.45, 7) is 0.619. The lowest BCUT2D eigenvalue weighted by Gasteiger charge is -2.29. The number of ether oxygens (including phenoxy) is 3. The number of nitrogens with zero attached hydrogens (tertiary/aromatic N) is 1.